The summed E-state index contributed by atoms with van der Waals surface area (Å²) in [5.41, 5.74) is 0.140. The fourth-order valence-corrected chi connectivity index (χ4v) is 2.87. The van der Waals surface area contributed by atoms with Gasteiger partial charge in [0.2, 0.25) is 0 Å². The molecule has 0 atom stereocenters. The number of nitro benzene ring substituents is 1. The van der Waals surface area contributed by atoms with Crippen molar-refractivity contribution < 1.29 is 14.8 Å². The predicted octanol–water partition coefficient (Wildman–Crippen LogP) is 1.74. The first-order chi connectivity index (χ1) is 10.6. The van der Waals surface area contributed by atoms with Crippen molar-refractivity contribution in [3.63, 3.8) is 0 Å². The third-order valence-electron chi connectivity index (χ3n) is 4.11. The number of hydrogen-bond donors (Lipinski definition) is 3. The second-order valence-corrected chi connectivity index (χ2v) is 5.66. The topological polar surface area (TPSA) is 104 Å². The first-order valence-electron chi connectivity index (χ1n) is 7.45. The van der Waals surface area contributed by atoms with Crippen LogP contribution in [0.1, 0.15) is 31.2 Å². The number of rotatable bonds is 6. The zero-order chi connectivity index (χ0) is 16.0. The van der Waals surface area contributed by atoms with E-state index < -0.39 is 10.5 Å². The van der Waals surface area contributed by atoms with E-state index in [4.69, 9.17) is 0 Å². The molecule has 0 bridgehead atoms. The van der Waals surface area contributed by atoms with Gasteiger partial charge in [-0.15, -0.1) is 0 Å². The average Bonchev–Trinajstić information content (AvgIpc) is 2.96. The Bertz CT molecular complexity index is 541. The van der Waals surface area contributed by atoms with Gasteiger partial charge >= 0.3 is 6.03 Å². The second kappa shape index (κ2) is 7.22. The van der Waals surface area contributed by atoms with Crippen LogP contribution in [-0.4, -0.2) is 34.8 Å². The Balaban J connectivity index is 1.84. The number of hydrogen-bond acceptors (Lipinski definition) is 4. The number of aliphatic hydroxyl groups is 1. The van der Waals surface area contributed by atoms with Gasteiger partial charge < -0.3 is 15.7 Å². The predicted molar refractivity (Wildman–Crippen MR) is 81.6 cm³/mol. The van der Waals surface area contributed by atoms with Crippen LogP contribution in [-0.2, 0) is 6.42 Å². The highest BCUT2D eigenvalue weighted by molar-refractivity contribution is 5.74. The summed E-state index contributed by atoms with van der Waals surface area (Å²) in [5, 5.41) is 25.9. The van der Waals surface area contributed by atoms with Gasteiger partial charge in [0.1, 0.15) is 0 Å². The zero-order valence-electron chi connectivity index (χ0n) is 12.4. The van der Waals surface area contributed by atoms with Gasteiger partial charge in [-0.1, -0.05) is 31.0 Å². The van der Waals surface area contributed by atoms with E-state index >= 15 is 0 Å². The third-order valence-corrected chi connectivity index (χ3v) is 4.11. The fraction of sp³-hybridized carbons (Fsp3) is 0.533. The molecule has 0 radical (unpaired) electrons. The van der Waals surface area contributed by atoms with E-state index in [-0.39, 0.29) is 18.3 Å². The normalized spacial score (nSPS) is 16.2. The molecule has 2 amide bonds. The van der Waals surface area contributed by atoms with Crippen molar-refractivity contribution in [1.29, 1.82) is 0 Å². The van der Waals surface area contributed by atoms with Gasteiger partial charge in [0.15, 0.2) is 0 Å². The van der Waals surface area contributed by atoms with Crippen LogP contribution in [0.2, 0.25) is 0 Å². The van der Waals surface area contributed by atoms with Crippen molar-refractivity contribution in [3.8, 4) is 0 Å². The zero-order valence-corrected chi connectivity index (χ0v) is 12.4. The van der Waals surface area contributed by atoms with Crippen LogP contribution < -0.4 is 10.6 Å². The maximum atomic E-state index is 11.9. The minimum atomic E-state index is -0.511. The summed E-state index contributed by atoms with van der Waals surface area (Å²) < 4.78 is 0. The molecule has 2 rings (SSSR count). The van der Waals surface area contributed by atoms with Crippen molar-refractivity contribution in [2.75, 3.05) is 13.2 Å². The molecule has 1 saturated carbocycles. The van der Waals surface area contributed by atoms with Gasteiger partial charge in [-0.2, -0.15) is 0 Å². The number of amides is 2. The molecule has 1 aliphatic carbocycles. The molecule has 0 saturated heterocycles. The molecule has 1 aromatic rings. The Kier molecular flexibility index (Phi) is 5.32. The van der Waals surface area contributed by atoms with Gasteiger partial charge in [0.05, 0.1) is 17.1 Å². The van der Waals surface area contributed by atoms with Gasteiger partial charge in [-0.05, 0) is 19.3 Å². The van der Waals surface area contributed by atoms with Crippen molar-refractivity contribution >= 4 is 11.7 Å². The number of aliphatic hydroxyl groups excluding tert-OH is 1. The number of nitro groups is 1. The van der Waals surface area contributed by atoms with Gasteiger partial charge in [-0.3, -0.25) is 10.1 Å². The molecule has 22 heavy (non-hydrogen) atoms. The van der Waals surface area contributed by atoms with Crippen LogP contribution in [0.25, 0.3) is 0 Å². The van der Waals surface area contributed by atoms with Crippen molar-refractivity contribution in [1.82, 2.24) is 10.6 Å². The van der Waals surface area contributed by atoms with E-state index in [0.29, 0.717) is 18.5 Å². The molecule has 7 heteroatoms. The summed E-state index contributed by atoms with van der Waals surface area (Å²) in [6, 6.07) is 6.15. The number of para-hydroxylation sites is 1. The van der Waals surface area contributed by atoms with Crippen molar-refractivity contribution in [2.24, 2.45) is 0 Å². The molecule has 0 unspecified atom stereocenters. The Morgan fingerprint density at radius 2 is 2.00 bits per heavy atom. The summed E-state index contributed by atoms with van der Waals surface area (Å²) in [6.07, 6.45) is 3.94. The molecule has 7 nitrogen and oxygen atoms in total. The molecule has 1 fully saturated rings. The quantitative estimate of drug-likeness (QED) is 0.550. The highest BCUT2D eigenvalue weighted by atomic mass is 16.6. The Hall–Kier alpha value is -2.15. The summed E-state index contributed by atoms with van der Waals surface area (Å²) in [6.45, 7) is 0.239. The van der Waals surface area contributed by atoms with E-state index in [1.807, 2.05) is 0 Å². The van der Waals surface area contributed by atoms with Crippen LogP contribution in [0.5, 0.6) is 0 Å². The Morgan fingerprint density at radius 1 is 1.32 bits per heavy atom. The first-order valence-corrected chi connectivity index (χ1v) is 7.45. The minimum Gasteiger partial charge on any atom is -0.394 e. The lowest BCUT2D eigenvalue weighted by Crippen LogP contribution is -2.53. The number of nitrogens with one attached hydrogen (secondary N) is 2. The van der Waals surface area contributed by atoms with Crippen LogP contribution in [0.15, 0.2) is 24.3 Å². The molecular formula is C15H21N3O4. The standard InChI is InChI=1S/C15H21N3O4/c19-11-15(8-3-4-9-15)17-14(20)16-10-7-12-5-1-2-6-13(12)18(21)22/h1-2,5-6,19H,3-4,7-11H2,(H2,16,17,20). The van der Waals surface area contributed by atoms with Crippen molar-refractivity contribution in [2.45, 2.75) is 37.6 Å². The third kappa shape index (κ3) is 3.94. The molecule has 0 aliphatic heterocycles. The number of carbonyl (C=O) groups is 1. The molecule has 1 aromatic carbocycles. The molecule has 120 valence electrons. The first kappa shape index (κ1) is 16.2. The summed E-state index contributed by atoms with van der Waals surface area (Å²) in [7, 11) is 0. The lowest BCUT2D eigenvalue weighted by Gasteiger charge is -2.27. The van der Waals surface area contributed by atoms with Crippen LogP contribution in [0.3, 0.4) is 0 Å². The summed E-state index contributed by atoms with van der Waals surface area (Å²) >= 11 is 0. The highest BCUT2D eigenvalue weighted by Gasteiger charge is 2.34. The Morgan fingerprint density at radius 3 is 2.64 bits per heavy atom. The number of benzene rings is 1. The highest BCUT2D eigenvalue weighted by Crippen LogP contribution is 2.28. The van der Waals surface area contributed by atoms with E-state index in [0.717, 1.165) is 25.7 Å². The van der Waals surface area contributed by atoms with Crippen LogP contribution in [0.4, 0.5) is 10.5 Å². The van der Waals surface area contributed by atoms with Crippen LogP contribution in [0, 0.1) is 10.1 Å². The lowest BCUT2D eigenvalue weighted by molar-refractivity contribution is -0.385. The van der Waals surface area contributed by atoms with Gasteiger partial charge in [-0.25, -0.2) is 4.79 Å². The van der Waals surface area contributed by atoms with Crippen LogP contribution >= 0.6 is 0 Å². The molecular weight excluding hydrogens is 286 g/mol. The maximum Gasteiger partial charge on any atom is 0.315 e. The smallest absolute Gasteiger partial charge is 0.315 e. The summed E-state index contributed by atoms with van der Waals surface area (Å²) in [4.78, 5) is 22.4. The average molecular weight is 307 g/mol. The van der Waals surface area contributed by atoms with Gasteiger partial charge in [0, 0.05) is 18.2 Å². The number of nitrogens with zero attached hydrogens (tertiary/aromatic N) is 1. The second-order valence-electron chi connectivity index (χ2n) is 5.66. The summed E-state index contributed by atoms with van der Waals surface area (Å²) in [5.74, 6) is 0. The van der Waals surface area contributed by atoms with E-state index in [1.54, 1.807) is 18.2 Å². The number of urea groups is 1. The molecule has 0 heterocycles. The molecule has 3 N–H and O–H groups in total. The largest absolute Gasteiger partial charge is 0.394 e. The van der Waals surface area contributed by atoms with Crippen molar-refractivity contribution in [3.05, 3.63) is 39.9 Å². The van der Waals surface area contributed by atoms with Gasteiger partial charge in [0.25, 0.3) is 5.69 Å². The monoisotopic (exact) mass is 307 g/mol. The molecule has 0 aromatic heterocycles. The van der Waals surface area contributed by atoms with E-state index in [9.17, 15) is 20.0 Å². The lowest BCUT2D eigenvalue weighted by atomic mass is 9.99. The molecule has 0 spiro atoms. The minimum absolute atomic E-state index is 0.0623. The SMILES string of the molecule is O=C(NCCc1ccccc1[N+](=O)[O-])NC1(CO)CCCC1. The number of carbonyl (C=O) groups excluding carboxylic acids is 1. The van der Waals surface area contributed by atoms with E-state index in [2.05, 4.69) is 10.6 Å². The van der Waals surface area contributed by atoms with E-state index in [1.165, 1.54) is 6.07 Å². The molecule has 1 aliphatic rings. The Labute approximate surface area is 128 Å². The maximum absolute atomic E-state index is 11.9. The fourth-order valence-electron chi connectivity index (χ4n) is 2.87.